The Labute approximate surface area is 208 Å². The second-order valence-corrected chi connectivity index (χ2v) is 8.58. The number of aromatic nitrogens is 2. The minimum Gasteiger partial charge on any atom is -0.465 e. The van der Waals surface area contributed by atoms with Crippen LogP contribution in [0.1, 0.15) is 63.2 Å². The molecule has 7 nitrogen and oxygen atoms in total. The van der Waals surface area contributed by atoms with E-state index < -0.39 is 52.7 Å². The fourth-order valence-electron chi connectivity index (χ4n) is 4.20. The average Bonchev–Trinajstić information content (AvgIpc) is 3.17. The van der Waals surface area contributed by atoms with Crippen LogP contribution >= 0.6 is 0 Å². The number of nitrogens with one attached hydrogen (secondary N) is 1. The van der Waals surface area contributed by atoms with E-state index in [0.717, 1.165) is 23.2 Å². The van der Waals surface area contributed by atoms with Gasteiger partial charge in [-0.3, -0.25) is 4.79 Å². The van der Waals surface area contributed by atoms with Crippen LogP contribution in [0.4, 0.5) is 22.0 Å². The topological polar surface area (TPSA) is 82.5 Å². The number of rotatable bonds is 7. The molecule has 0 bridgehead atoms. The summed E-state index contributed by atoms with van der Waals surface area (Å²) in [5.41, 5.74) is -2.38. The van der Waals surface area contributed by atoms with Crippen molar-refractivity contribution in [2.75, 3.05) is 7.11 Å². The third-order valence-electron chi connectivity index (χ3n) is 6.25. The second-order valence-electron chi connectivity index (χ2n) is 8.58. The van der Waals surface area contributed by atoms with Gasteiger partial charge in [-0.25, -0.2) is 18.3 Å². The van der Waals surface area contributed by atoms with Crippen molar-refractivity contribution in [3.8, 4) is 11.6 Å². The van der Waals surface area contributed by atoms with Gasteiger partial charge < -0.3 is 14.8 Å². The fraction of sp³-hybridized carbons (Fsp3) is 0.320. The predicted octanol–water partition coefficient (Wildman–Crippen LogP) is 5.76. The summed E-state index contributed by atoms with van der Waals surface area (Å²) in [5.74, 6) is -2.18. The van der Waals surface area contributed by atoms with Gasteiger partial charge in [0.05, 0.1) is 23.8 Å². The summed E-state index contributed by atoms with van der Waals surface area (Å²) in [6, 6.07) is 10.2. The van der Waals surface area contributed by atoms with E-state index in [1.54, 1.807) is 12.1 Å². The molecule has 3 aromatic rings. The molecule has 1 aliphatic rings. The molecule has 0 aliphatic heterocycles. The number of ether oxygens (including phenoxy) is 2. The molecule has 0 radical (unpaired) electrons. The summed E-state index contributed by atoms with van der Waals surface area (Å²) in [7, 11) is 2.49. The van der Waals surface area contributed by atoms with Crippen LogP contribution in [0.5, 0.6) is 11.6 Å². The van der Waals surface area contributed by atoms with E-state index in [0.29, 0.717) is 30.0 Å². The molecule has 1 fully saturated rings. The number of hydrogen-bond acceptors (Lipinski definition) is 5. The van der Waals surface area contributed by atoms with Crippen molar-refractivity contribution in [2.24, 2.45) is 7.05 Å². The molecule has 2 aromatic carbocycles. The SMILES string of the molecule is COC(=O)c1ccc(C2(NC(=O)c3c(C(F)F)nn(C)c3Oc3cccc(C(F)(F)F)c3)CCC2)cc1. The first-order valence-corrected chi connectivity index (χ1v) is 11.2. The van der Waals surface area contributed by atoms with Crippen molar-refractivity contribution in [1.82, 2.24) is 15.1 Å². The zero-order valence-electron chi connectivity index (χ0n) is 19.7. The number of methoxy groups -OCH3 is 1. The van der Waals surface area contributed by atoms with Gasteiger partial charge in [0.1, 0.15) is 17.0 Å². The van der Waals surface area contributed by atoms with E-state index >= 15 is 0 Å². The van der Waals surface area contributed by atoms with Crippen molar-refractivity contribution >= 4 is 11.9 Å². The Bertz CT molecular complexity index is 1310. The standard InChI is InChI=1S/C25H22F5N3O4/c1-33-22(37-17-6-3-5-16(13-17)25(28,29)30)18(19(32-33)20(26)27)21(34)31-24(11-4-12-24)15-9-7-14(8-10-15)23(35)36-2/h3,5-10,13,20H,4,11-12H2,1-2H3,(H,31,34). The summed E-state index contributed by atoms with van der Waals surface area (Å²) in [6.45, 7) is 0. The molecule has 0 spiro atoms. The van der Waals surface area contributed by atoms with Crippen LogP contribution in [0.25, 0.3) is 0 Å². The minimum atomic E-state index is -4.65. The quantitative estimate of drug-likeness (QED) is 0.314. The van der Waals surface area contributed by atoms with Gasteiger partial charge in [0, 0.05) is 7.05 Å². The maximum absolute atomic E-state index is 13.8. The molecule has 0 atom stereocenters. The Hall–Kier alpha value is -3.96. The monoisotopic (exact) mass is 523 g/mol. The lowest BCUT2D eigenvalue weighted by Crippen LogP contribution is -2.51. The van der Waals surface area contributed by atoms with E-state index in [1.165, 1.54) is 32.4 Å². The number of carbonyl (C=O) groups is 2. The molecule has 1 aromatic heterocycles. The van der Waals surface area contributed by atoms with Crippen LogP contribution < -0.4 is 10.1 Å². The zero-order chi connectivity index (χ0) is 27.0. The maximum atomic E-state index is 13.8. The van der Waals surface area contributed by atoms with E-state index in [1.807, 2.05) is 0 Å². The first-order valence-electron chi connectivity index (χ1n) is 11.2. The lowest BCUT2D eigenvalue weighted by Gasteiger charge is -2.43. The van der Waals surface area contributed by atoms with Gasteiger partial charge in [-0.05, 0) is 55.2 Å². The highest BCUT2D eigenvalue weighted by Gasteiger charge is 2.42. The van der Waals surface area contributed by atoms with Gasteiger partial charge in [0.2, 0.25) is 5.88 Å². The number of amides is 1. The van der Waals surface area contributed by atoms with E-state index in [9.17, 15) is 31.5 Å². The van der Waals surface area contributed by atoms with Gasteiger partial charge in [-0.2, -0.15) is 18.3 Å². The number of carbonyl (C=O) groups excluding carboxylic acids is 2. The summed E-state index contributed by atoms with van der Waals surface area (Å²) < 4.78 is 78.1. The molecule has 12 heteroatoms. The van der Waals surface area contributed by atoms with Gasteiger partial charge in [-0.1, -0.05) is 18.2 Å². The smallest absolute Gasteiger partial charge is 0.416 e. The van der Waals surface area contributed by atoms with Crippen molar-refractivity contribution in [2.45, 2.75) is 37.4 Å². The van der Waals surface area contributed by atoms with Crippen LogP contribution in [0.3, 0.4) is 0 Å². The maximum Gasteiger partial charge on any atom is 0.416 e. The number of nitrogens with zero attached hydrogens (tertiary/aromatic N) is 2. The Balaban J connectivity index is 1.67. The molecule has 0 unspecified atom stereocenters. The number of alkyl halides is 5. The van der Waals surface area contributed by atoms with E-state index in [2.05, 4.69) is 15.2 Å². The Kier molecular flexibility index (Phi) is 6.94. The Morgan fingerprint density at radius 1 is 1.11 bits per heavy atom. The Morgan fingerprint density at radius 3 is 2.32 bits per heavy atom. The van der Waals surface area contributed by atoms with Gasteiger partial charge in [0.15, 0.2) is 0 Å². The summed E-state index contributed by atoms with van der Waals surface area (Å²) in [6.07, 6.45) is -6.04. The number of esters is 1. The lowest BCUT2D eigenvalue weighted by atomic mass is 9.71. The molecule has 196 valence electrons. The summed E-state index contributed by atoms with van der Waals surface area (Å²) in [5, 5.41) is 6.49. The van der Waals surface area contributed by atoms with Crippen LogP contribution in [-0.2, 0) is 23.5 Å². The zero-order valence-corrected chi connectivity index (χ0v) is 19.7. The number of benzene rings is 2. The normalized spacial score (nSPS) is 14.7. The fourth-order valence-corrected chi connectivity index (χ4v) is 4.20. The van der Waals surface area contributed by atoms with Gasteiger partial charge >= 0.3 is 12.1 Å². The molecule has 1 N–H and O–H groups in total. The highest BCUT2D eigenvalue weighted by atomic mass is 19.4. The minimum absolute atomic E-state index is 0.301. The van der Waals surface area contributed by atoms with Crippen molar-refractivity contribution in [3.05, 3.63) is 76.5 Å². The van der Waals surface area contributed by atoms with Gasteiger partial charge in [0.25, 0.3) is 12.3 Å². The van der Waals surface area contributed by atoms with E-state index in [-0.39, 0.29) is 5.75 Å². The highest BCUT2D eigenvalue weighted by Crippen LogP contribution is 2.43. The van der Waals surface area contributed by atoms with Crippen LogP contribution in [0.2, 0.25) is 0 Å². The molecular weight excluding hydrogens is 501 g/mol. The Morgan fingerprint density at radius 2 is 1.78 bits per heavy atom. The largest absolute Gasteiger partial charge is 0.465 e. The molecule has 37 heavy (non-hydrogen) atoms. The van der Waals surface area contributed by atoms with Crippen molar-refractivity contribution < 1.29 is 41.0 Å². The first-order chi connectivity index (χ1) is 17.4. The first kappa shape index (κ1) is 26.1. The third kappa shape index (κ3) is 5.13. The van der Waals surface area contributed by atoms with E-state index in [4.69, 9.17) is 4.74 Å². The number of aryl methyl sites for hydroxylation is 1. The van der Waals surface area contributed by atoms with Crippen LogP contribution in [0.15, 0.2) is 48.5 Å². The summed E-state index contributed by atoms with van der Waals surface area (Å²) >= 11 is 0. The van der Waals surface area contributed by atoms with Crippen molar-refractivity contribution in [1.29, 1.82) is 0 Å². The van der Waals surface area contributed by atoms with Crippen LogP contribution in [-0.4, -0.2) is 28.8 Å². The molecule has 1 heterocycles. The number of hydrogen-bond donors (Lipinski definition) is 1. The lowest BCUT2D eigenvalue weighted by molar-refractivity contribution is -0.137. The second kappa shape index (κ2) is 9.83. The molecular formula is C25H22F5N3O4. The number of halogens is 5. The summed E-state index contributed by atoms with van der Waals surface area (Å²) in [4.78, 5) is 25.1. The molecule has 1 saturated carbocycles. The van der Waals surface area contributed by atoms with Crippen molar-refractivity contribution in [3.63, 3.8) is 0 Å². The highest BCUT2D eigenvalue weighted by molar-refractivity contribution is 5.98. The molecule has 4 rings (SSSR count). The third-order valence-corrected chi connectivity index (χ3v) is 6.25. The molecule has 1 aliphatic carbocycles. The predicted molar refractivity (Wildman–Crippen MR) is 120 cm³/mol. The molecule has 1 amide bonds. The molecule has 0 saturated heterocycles. The van der Waals surface area contributed by atoms with Crippen LogP contribution in [0, 0.1) is 0 Å². The van der Waals surface area contributed by atoms with Gasteiger partial charge in [-0.15, -0.1) is 0 Å². The average molecular weight is 523 g/mol.